The minimum Gasteiger partial charge on any atom is -0.381 e. The molecule has 0 saturated heterocycles. The Bertz CT molecular complexity index is 1370. The van der Waals surface area contributed by atoms with Gasteiger partial charge in [0.1, 0.15) is 17.2 Å². The molecule has 0 spiro atoms. The van der Waals surface area contributed by atoms with E-state index in [2.05, 4.69) is 53.4 Å². The summed E-state index contributed by atoms with van der Waals surface area (Å²) in [6, 6.07) is 8.39. The fourth-order valence-corrected chi connectivity index (χ4v) is 4.95. The minimum atomic E-state index is -4.32. The number of fused-ring (bicyclic) bond motifs is 2. The van der Waals surface area contributed by atoms with E-state index < -0.39 is 11.9 Å². The van der Waals surface area contributed by atoms with Crippen molar-refractivity contribution in [3.05, 3.63) is 65.5 Å². The zero-order valence-electron chi connectivity index (χ0n) is 20.0. The number of hydrogen-bond acceptors (Lipinski definition) is 3. The third kappa shape index (κ3) is 4.66. The first kappa shape index (κ1) is 23.5. The number of aryl methyl sites for hydroxylation is 1. The topological polar surface area (TPSA) is 58.0 Å². The van der Waals surface area contributed by atoms with E-state index in [0.29, 0.717) is 24.8 Å². The van der Waals surface area contributed by atoms with E-state index in [9.17, 15) is 13.2 Å². The van der Waals surface area contributed by atoms with Crippen LogP contribution >= 0.6 is 0 Å². The Labute approximate surface area is 202 Å². The van der Waals surface area contributed by atoms with Gasteiger partial charge < -0.3 is 10.3 Å². The fourth-order valence-electron chi connectivity index (χ4n) is 4.95. The van der Waals surface area contributed by atoms with Crippen LogP contribution in [0.4, 0.5) is 13.2 Å². The molecule has 3 heterocycles. The summed E-state index contributed by atoms with van der Waals surface area (Å²) in [5, 5.41) is 3.83. The monoisotopic (exact) mass is 481 g/mol. The van der Waals surface area contributed by atoms with E-state index in [1.807, 2.05) is 10.6 Å². The summed E-state index contributed by atoms with van der Waals surface area (Å²) in [7, 11) is 0. The van der Waals surface area contributed by atoms with Crippen LogP contribution in [-0.2, 0) is 6.42 Å². The second-order valence-corrected chi connectivity index (χ2v) is 9.25. The van der Waals surface area contributed by atoms with Crippen LogP contribution in [0.25, 0.3) is 27.8 Å². The smallest absolute Gasteiger partial charge is 0.381 e. The number of para-hydroxylation sites is 1. The number of hydrogen-bond donors (Lipinski definition) is 2. The van der Waals surface area contributed by atoms with Crippen molar-refractivity contribution in [1.82, 2.24) is 24.7 Å². The average Bonchev–Trinajstić information content (AvgIpc) is 3.45. The molecule has 1 aliphatic carbocycles. The van der Waals surface area contributed by atoms with Crippen LogP contribution in [0.15, 0.2) is 54.1 Å². The highest BCUT2D eigenvalue weighted by atomic mass is 19.4. The normalized spacial score (nSPS) is 14.6. The van der Waals surface area contributed by atoms with E-state index in [1.165, 1.54) is 5.56 Å². The van der Waals surface area contributed by atoms with Crippen LogP contribution < -0.4 is 5.32 Å². The number of aromatic amines is 1. The van der Waals surface area contributed by atoms with Crippen molar-refractivity contribution >= 4 is 16.4 Å². The summed E-state index contributed by atoms with van der Waals surface area (Å²) in [6.45, 7) is 4.48. The minimum absolute atomic E-state index is 0.0189. The molecule has 1 unspecified atom stereocenters. The van der Waals surface area contributed by atoms with Crippen molar-refractivity contribution in [2.24, 2.45) is 0 Å². The van der Waals surface area contributed by atoms with Gasteiger partial charge in [0.15, 0.2) is 0 Å². The lowest BCUT2D eigenvalue weighted by Gasteiger charge is -2.18. The van der Waals surface area contributed by atoms with Gasteiger partial charge in [0.2, 0.25) is 0 Å². The number of benzene rings is 1. The third-order valence-electron chi connectivity index (χ3n) is 6.79. The van der Waals surface area contributed by atoms with Crippen molar-refractivity contribution in [3.63, 3.8) is 0 Å². The Morgan fingerprint density at radius 2 is 2.03 bits per heavy atom. The van der Waals surface area contributed by atoms with Crippen LogP contribution in [-0.4, -0.2) is 32.1 Å². The first-order valence-electron chi connectivity index (χ1n) is 12.4. The molecule has 5 nitrogen and oxygen atoms in total. The van der Waals surface area contributed by atoms with Gasteiger partial charge in [-0.1, -0.05) is 38.5 Å². The molecular formula is C27H30F3N5. The van der Waals surface area contributed by atoms with Crippen molar-refractivity contribution < 1.29 is 13.2 Å². The molecule has 0 radical (unpaired) electrons. The fraction of sp³-hybridized carbons (Fsp3) is 0.407. The molecule has 5 rings (SSSR count). The van der Waals surface area contributed by atoms with Gasteiger partial charge in [0.05, 0.1) is 17.4 Å². The number of halogens is 3. The molecule has 184 valence electrons. The lowest BCUT2D eigenvalue weighted by molar-refractivity contribution is -0.0971. The Morgan fingerprint density at radius 1 is 1.20 bits per heavy atom. The number of alkyl halides is 3. The molecule has 0 bridgehead atoms. The average molecular weight is 482 g/mol. The predicted octanol–water partition coefficient (Wildman–Crippen LogP) is 6.91. The molecule has 8 heteroatoms. The number of rotatable bonds is 9. The van der Waals surface area contributed by atoms with E-state index >= 15 is 0 Å². The highest BCUT2D eigenvalue weighted by molar-refractivity contribution is 5.90. The van der Waals surface area contributed by atoms with Crippen molar-refractivity contribution in [1.29, 1.82) is 0 Å². The molecule has 1 fully saturated rings. The first-order chi connectivity index (χ1) is 16.9. The SMILES string of the molecule is CCCC(CCNC(=C1CC1)C(F)(F)F)c1nc(-c2cc3cccc(CC)c3[nH]2)c2cnccn12. The van der Waals surface area contributed by atoms with Crippen LogP contribution in [0.5, 0.6) is 0 Å². The molecule has 4 aromatic rings. The number of aromatic nitrogens is 4. The lowest BCUT2D eigenvalue weighted by Crippen LogP contribution is -2.28. The standard InChI is InChI=1S/C27H30F3N5/c1-3-6-19(11-12-32-25(18-9-10-18)27(28,29)30)26-34-24(22-16-31-13-14-35(22)26)21-15-20-8-5-7-17(4-2)23(20)33-21/h5,7-8,13-16,19,32-33H,3-4,6,9-12H2,1-2H3. The zero-order chi connectivity index (χ0) is 24.6. The highest BCUT2D eigenvalue weighted by Crippen LogP contribution is 2.38. The van der Waals surface area contributed by atoms with Crippen molar-refractivity contribution in [3.8, 4) is 11.4 Å². The van der Waals surface area contributed by atoms with Crippen LogP contribution in [0.2, 0.25) is 0 Å². The number of H-pyrrole nitrogens is 1. The molecule has 35 heavy (non-hydrogen) atoms. The molecule has 3 aromatic heterocycles. The molecule has 1 atom stereocenters. The van der Waals surface area contributed by atoms with E-state index in [4.69, 9.17) is 4.98 Å². The molecule has 1 aromatic carbocycles. The summed E-state index contributed by atoms with van der Waals surface area (Å²) in [6.07, 6.45) is 5.41. The zero-order valence-corrected chi connectivity index (χ0v) is 20.0. The summed E-state index contributed by atoms with van der Waals surface area (Å²) in [5.41, 5.74) is 4.91. The predicted molar refractivity (Wildman–Crippen MR) is 132 cm³/mol. The van der Waals surface area contributed by atoms with E-state index in [-0.39, 0.29) is 12.5 Å². The van der Waals surface area contributed by atoms with Gasteiger partial charge in [-0.3, -0.25) is 9.38 Å². The van der Waals surface area contributed by atoms with Crippen molar-refractivity contribution in [2.75, 3.05) is 6.54 Å². The van der Waals surface area contributed by atoms with Gasteiger partial charge >= 0.3 is 6.18 Å². The second kappa shape index (κ2) is 9.40. The van der Waals surface area contributed by atoms with Gasteiger partial charge in [-0.15, -0.1) is 0 Å². The van der Waals surface area contributed by atoms with E-state index in [1.54, 1.807) is 12.4 Å². The maximum absolute atomic E-state index is 13.4. The Kier molecular flexibility index (Phi) is 6.30. The number of nitrogens with one attached hydrogen (secondary N) is 2. The van der Waals surface area contributed by atoms with Gasteiger partial charge in [-0.2, -0.15) is 13.2 Å². The third-order valence-corrected chi connectivity index (χ3v) is 6.79. The molecular weight excluding hydrogens is 451 g/mol. The van der Waals surface area contributed by atoms with Gasteiger partial charge in [-0.05, 0) is 49.3 Å². The van der Waals surface area contributed by atoms with Gasteiger partial charge in [0, 0.05) is 35.8 Å². The Balaban J connectivity index is 1.48. The van der Waals surface area contributed by atoms with Gasteiger partial charge in [-0.25, -0.2) is 4.98 Å². The summed E-state index contributed by atoms with van der Waals surface area (Å²) >= 11 is 0. The van der Waals surface area contributed by atoms with Crippen LogP contribution in [0.3, 0.4) is 0 Å². The molecule has 1 saturated carbocycles. The Hall–Kier alpha value is -3.29. The highest BCUT2D eigenvalue weighted by Gasteiger charge is 2.39. The summed E-state index contributed by atoms with van der Waals surface area (Å²) in [4.78, 5) is 12.9. The first-order valence-corrected chi connectivity index (χ1v) is 12.4. The maximum Gasteiger partial charge on any atom is 0.430 e. The summed E-state index contributed by atoms with van der Waals surface area (Å²) < 4.78 is 42.2. The summed E-state index contributed by atoms with van der Waals surface area (Å²) in [5.74, 6) is 0.883. The maximum atomic E-state index is 13.4. The number of imidazole rings is 1. The Morgan fingerprint density at radius 3 is 2.74 bits per heavy atom. The molecule has 0 aliphatic heterocycles. The largest absolute Gasteiger partial charge is 0.430 e. The second-order valence-electron chi connectivity index (χ2n) is 9.25. The van der Waals surface area contributed by atoms with Crippen LogP contribution in [0.1, 0.15) is 63.3 Å². The molecule has 1 aliphatic rings. The quantitative estimate of drug-likeness (QED) is 0.273. The lowest BCUT2D eigenvalue weighted by atomic mass is 9.98. The molecule has 2 N–H and O–H groups in total. The van der Waals surface area contributed by atoms with Gasteiger partial charge in [0.25, 0.3) is 0 Å². The van der Waals surface area contributed by atoms with Crippen LogP contribution in [0, 0.1) is 0 Å². The van der Waals surface area contributed by atoms with Crippen molar-refractivity contribution in [2.45, 2.75) is 64.5 Å². The van der Waals surface area contributed by atoms with E-state index in [0.717, 1.165) is 52.9 Å². The number of allylic oxidation sites excluding steroid dienone is 2. The molecule has 0 amide bonds. The number of nitrogens with zero attached hydrogens (tertiary/aromatic N) is 3.